The maximum absolute atomic E-state index is 12.2. The van der Waals surface area contributed by atoms with Crippen molar-refractivity contribution in [1.29, 1.82) is 0 Å². The summed E-state index contributed by atoms with van der Waals surface area (Å²) in [6.45, 7) is 4.50. The Morgan fingerprint density at radius 3 is 2.90 bits per heavy atom. The van der Waals surface area contributed by atoms with Gasteiger partial charge in [0.15, 0.2) is 0 Å². The molecule has 1 aromatic carbocycles. The van der Waals surface area contributed by atoms with E-state index in [1.54, 1.807) is 23.5 Å². The molecule has 1 aromatic heterocycles. The summed E-state index contributed by atoms with van der Waals surface area (Å²) >= 11 is 1.62. The number of thiazole rings is 1. The van der Waals surface area contributed by atoms with Crippen LogP contribution in [0.1, 0.15) is 17.6 Å². The molecule has 0 aliphatic rings. The topological polar surface area (TPSA) is 71.2 Å². The van der Waals surface area contributed by atoms with Crippen molar-refractivity contribution in [2.45, 2.75) is 26.4 Å². The first-order chi connectivity index (χ1) is 9.95. The summed E-state index contributed by atoms with van der Waals surface area (Å²) in [5.74, 6) is -0.0601. The van der Waals surface area contributed by atoms with Crippen LogP contribution in [0.2, 0.25) is 0 Å². The number of anilines is 2. The molecular formula is C15H20N4OS. The van der Waals surface area contributed by atoms with Crippen molar-refractivity contribution < 1.29 is 4.79 Å². The molecule has 0 aliphatic heterocycles. The molecule has 5 nitrogen and oxygen atoms in total. The van der Waals surface area contributed by atoms with Crippen LogP contribution in [0.4, 0.5) is 11.4 Å². The maximum Gasteiger partial charge on any atom is 0.241 e. The summed E-state index contributed by atoms with van der Waals surface area (Å²) in [5, 5.41) is 5.94. The molecule has 3 N–H and O–H groups in total. The molecule has 0 bridgehead atoms. The Morgan fingerprint density at radius 2 is 2.29 bits per heavy atom. The van der Waals surface area contributed by atoms with Gasteiger partial charge in [0.2, 0.25) is 5.91 Å². The molecule has 0 fully saturated rings. The van der Waals surface area contributed by atoms with Crippen LogP contribution < -0.4 is 11.1 Å². The third kappa shape index (κ3) is 4.27. The van der Waals surface area contributed by atoms with Crippen LogP contribution in [0.3, 0.4) is 0 Å². The van der Waals surface area contributed by atoms with Gasteiger partial charge < -0.3 is 11.1 Å². The van der Waals surface area contributed by atoms with E-state index in [9.17, 15) is 4.79 Å². The highest BCUT2D eigenvalue weighted by Gasteiger charge is 2.19. The molecule has 0 spiro atoms. The Hall–Kier alpha value is -1.92. The van der Waals surface area contributed by atoms with Gasteiger partial charge in [-0.2, -0.15) is 0 Å². The lowest BCUT2D eigenvalue weighted by atomic mass is 10.2. The van der Waals surface area contributed by atoms with E-state index in [0.29, 0.717) is 17.9 Å². The van der Waals surface area contributed by atoms with Crippen LogP contribution >= 0.6 is 11.3 Å². The largest absolute Gasteiger partial charge is 0.399 e. The molecule has 6 heteroatoms. The zero-order valence-corrected chi connectivity index (χ0v) is 13.3. The number of nitrogens with zero attached hydrogens (tertiary/aromatic N) is 2. The van der Waals surface area contributed by atoms with E-state index < -0.39 is 0 Å². The summed E-state index contributed by atoms with van der Waals surface area (Å²) in [7, 11) is 1.91. The van der Waals surface area contributed by atoms with E-state index in [1.807, 2.05) is 43.3 Å². The van der Waals surface area contributed by atoms with Gasteiger partial charge in [0.05, 0.1) is 16.7 Å². The summed E-state index contributed by atoms with van der Waals surface area (Å²) < 4.78 is 0. The quantitative estimate of drug-likeness (QED) is 0.833. The minimum atomic E-state index is -0.256. The predicted molar refractivity (Wildman–Crippen MR) is 87.3 cm³/mol. The molecule has 2 aromatic rings. The van der Waals surface area contributed by atoms with E-state index >= 15 is 0 Å². The molecule has 1 unspecified atom stereocenters. The van der Waals surface area contributed by atoms with Crippen LogP contribution in [-0.4, -0.2) is 28.9 Å². The van der Waals surface area contributed by atoms with Crippen molar-refractivity contribution >= 4 is 28.6 Å². The van der Waals surface area contributed by atoms with E-state index in [2.05, 4.69) is 10.3 Å². The number of amides is 1. The van der Waals surface area contributed by atoms with Crippen molar-refractivity contribution in [2.75, 3.05) is 18.1 Å². The summed E-state index contributed by atoms with van der Waals surface area (Å²) in [6, 6.07) is 6.92. The molecule has 21 heavy (non-hydrogen) atoms. The maximum atomic E-state index is 12.2. The number of carbonyl (C=O) groups excluding carboxylic acids is 1. The average Bonchev–Trinajstić information content (AvgIpc) is 2.83. The number of aromatic nitrogens is 1. The Morgan fingerprint density at radius 1 is 1.52 bits per heavy atom. The van der Waals surface area contributed by atoms with Crippen LogP contribution in [0, 0.1) is 6.92 Å². The number of hydrogen-bond acceptors (Lipinski definition) is 5. The fourth-order valence-electron chi connectivity index (χ4n) is 1.94. The van der Waals surface area contributed by atoms with Crippen molar-refractivity contribution in [2.24, 2.45) is 0 Å². The van der Waals surface area contributed by atoms with Crippen LogP contribution in [-0.2, 0) is 11.3 Å². The van der Waals surface area contributed by atoms with Crippen molar-refractivity contribution in [1.82, 2.24) is 9.88 Å². The Bertz CT molecular complexity index is 626. The summed E-state index contributed by atoms with van der Waals surface area (Å²) in [5.41, 5.74) is 8.04. The highest BCUT2D eigenvalue weighted by atomic mass is 32.1. The fraction of sp³-hybridized carbons (Fsp3) is 0.333. The summed E-state index contributed by atoms with van der Waals surface area (Å²) in [6.07, 6.45) is 0. The minimum Gasteiger partial charge on any atom is -0.399 e. The normalized spacial score (nSPS) is 12.4. The first-order valence-corrected chi connectivity index (χ1v) is 7.61. The van der Waals surface area contributed by atoms with Gasteiger partial charge in [-0.15, -0.1) is 11.3 Å². The number of carbonyl (C=O) groups is 1. The second-order valence-corrected chi connectivity index (χ2v) is 6.13. The molecule has 112 valence electrons. The number of nitrogen functional groups attached to an aromatic ring is 1. The van der Waals surface area contributed by atoms with Crippen LogP contribution in [0.15, 0.2) is 29.6 Å². The highest BCUT2D eigenvalue weighted by molar-refractivity contribution is 7.09. The second kappa shape index (κ2) is 6.69. The zero-order chi connectivity index (χ0) is 15.4. The molecule has 0 radical (unpaired) electrons. The van der Waals surface area contributed by atoms with Crippen molar-refractivity contribution in [3.8, 4) is 0 Å². The lowest BCUT2D eigenvalue weighted by Gasteiger charge is -2.23. The molecule has 1 atom stereocenters. The Kier molecular flexibility index (Phi) is 4.93. The van der Waals surface area contributed by atoms with Gasteiger partial charge in [-0.1, -0.05) is 6.07 Å². The molecule has 0 aliphatic carbocycles. The highest BCUT2D eigenvalue weighted by Crippen LogP contribution is 2.14. The lowest BCUT2D eigenvalue weighted by molar-refractivity contribution is -0.120. The smallest absolute Gasteiger partial charge is 0.241 e. The van der Waals surface area contributed by atoms with Gasteiger partial charge in [-0.3, -0.25) is 9.69 Å². The molecule has 0 saturated carbocycles. The van der Waals surface area contributed by atoms with Crippen molar-refractivity contribution in [3.63, 3.8) is 0 Å². The number of likely N-dealkylation sites (N-methyl/N-ethyl adjacent to an activating group) is 1. The monoisotopic (exact) mass is 304 g/mol. The molecular weight excluding hydrogens is 284 g/mol. The van der Waals surface area contributed by atoms with Crippen LogP contribution in [0.25, 0.3) is 0 Å². The first kappa shape index (κ1) is 15.5. The molecule has 0 saturated heterocycles. The second-order valence-electron chi connectivity index (χ2n) is 5.06. The van der Waals surface area contributed by atoms with E-state index in [-0.39, 0.29) is 11.9 Å². The number of hydrogen-bond donors (Lipinski definition) is 2. The molecule has 1 amide bonds. The van der Waals surface area contributed by atoms with Crippen LogP contribution in [0.5, 0.6) is 0 Å². The number of rotatable bonds is 5. The van der Waals surface area contributed by atoms with Gasteiger partial charge in [-0.25, -0.2) is 4.98 Å². The number of nitrogens with one attached hydrogen (secondary N) is 1. The number of aryl methyl sites for hydroxylation is 1. The summed E-state index contributed by atoms with van der Waals surface area (Å²) in [4.78, 5) is 18.6. The predicted octanol–water partition coefficient (Wildman–Crippen LogP) is 2.49. The third-order valence-electron chi connectivity index (χ3n) is 3.27. The number of benzene rings is 1. The Balaban J connectivity index is 1.95. The fourth-order valence-corrected chi connectivity index (χ4v) is 2.54. The zero-order valence-electron chi connectivity index (χ0n) is 12.5. The van der Waals surface area contributed by atoms with Gasteiger partial charge in [0, 0.05) is 23.3 Å². The van der Waals surface area contributed by atoms with Gasteiger partial charge >= 0.3 is 0 Å². The molecule has 1 heterocycles. The van der Waals surface area contributed by atoms with Gasteiger partial charge in [0.1, 0.15) is 0 Å². The van der Waals surface area contributed by atoms with E-state index in [1.165, 1.54) is 0 Å². The van der Waals surface area contributed by atoms with Crippen molar-refractivity contribution in [3.05, 3.63) is 40.3 Å². The van der Waals surface area contributed by atoms with E-state index in [4.69, 9.17) is 5.73 Å². The van der Waals surface area contributed by atoms with Gasteiger partial charge in [0.25, 0.3) is 0 Å². The average molecular weight is 304 g/mol. The molecule has 2 rings (SSSR count). The first-order valence-electron chi connectivity index (χ1n) is 6.73. The standard InChI is InChI=1S/C15H20N4OS/c1-10(19(3)8-14-9-21-11(2)17-14)15(20)18-13-6-4-5-12(16)7-13/h4-7,9-10H,8,16H2,1-3H3,(H,18,20). The third-order valence-corrected chi connectivity index (χ3v) is 4.10. The SMILES string of the molecule is Cc1nc(CN(C)C(C)C(=O)Nc2cccc(N)c2)cs1. The Labute approximate surface area is 128 Å². The minimum absolute atomic E-state index is 0.0601. The van der Waals surface area contributed by atoms with Gasteiger partial charge in [-0.05, 0) is 39.1 Å². The van der Waals surface area contributed by atoms with E-state index in [0.717, 1.165) is 10.7 Å². The number of nitrogens with two attached hydrogens (primary N) is 1. The lowest BCUT2D eigenvalue weighted by Crippen LogP contribution is -2.39.